The van der Waals surface area contributed by atoms with Crippen LogP contribution in [0.5, 0.6) is 11.6 Å². The van der Waals surface area contributed by atoms with Crippen LogP contribution in [0.2, 0.25) is 0 Å². The molecule has 0 aliphatic rings. The van der Waals surface area contributed by atoms with Crippen molar-refractivity contribution in [3.8, 4) is 11.6 Å². The predicted octanol–water partition coefficient (Wildman–Crippen LogP) is 3.46. The van der Waals surface area contributed by atoms with Crippen molar-refractivity contribution >= 4 is 11.8 Å². The number of Topliss-reactive ketones (excluding diaryl/α,β-unsaturated/α-hetero) is 1. The average Bonchev–Trinajstić information content (AvgIpc) is 2.53. The van der Waals surface area contributed by atoms with Crippen LogP contribution in [0.3, 0.4) is 0 Å². The van der Waals surface area contributed by atoms with E-state index in [9.17, 15) is 18.4 Å². The minimum atomic E-state index is -2.63. The highest BCUT2D eigenvalue weighted by atomic mass is 19.3. The largest absolute Gasteiger partial charge is 0.472 e. The molecule has 0 saturated carbocycles. The van der Waals surface area contributed by atoms with Gasteiger partial charge in [-0.05, 0) is 43.7 Å². The van der Waals surface area contributed by atoms with Gasteiger partial charge in [0.15, 0.2) is 18.1 Å². The topological polar surface area (TPSA) is 65.5 Å². The zero-order valence-electron chi connectivity index (χ0n) is 13.1. The van der Waals surface area contributed by atoms with Gasteiger partial charge >= 0.3 is 5.97 Å². The minimum absolute atomic E-state index is 0.0740. The maximum absolute atomic E-state index is 12.1. The van der Waals surface area contributed by atoms with Gasteiger partial charge < -0.3 is 9.47 Å². The monoisotopic (exact) mass is 335 g/mol. The van der Waals surface area contributed by atoms with Gasteiger partial charge in [-0.1, -0.05) is 6.07 Å². The van der Waals surface area contributed by atoms with Crippen molar-refractivity contribution in [2.75, 3.05) is 6.61 Å². The zero-order valence-corrected chi connectivity index (χ0v) is 13.1. The molecule has 5 nitrogen and oxygen atoms in total. The Morgan fingerprint density at radius 1 is 1.21 bits per heavy atom. The SMILES string of the molecule is CC(=O)c1ccc(OC(=O)c2cccc(OCC(F)F)n2)cc1C. The number of rotatable bonds is 6. The van der Waals surface area contributed by atoms with Gasteiger partial charge in [-0.15, -0.1) is 0 Å². The molecule has 1 aromatic carbocycles. The predicted molar refractivity (Wildman–Crippen MR) is 81.9 cm³/mol. The first-order valence-electron chi connectivity index (χ1n) is 7.08. The summed E-state index contributed by atoms with van der Waals surface area (Å²) in [6.07, 6.45) is -2.63. The summed E-state index contributed by atoms with van der Waals surface area (Å²) < 4.78 is 34.2. The van der Waals surface area contributed by atoms with Gasteiger partial charge in [-0.25, -0.2) is 18.6 Å². The fourth-order valence-corrected chi connectivity index (χ4v) is 2.01. The summed E-state index contributed by atoms with van der Waals surface area (Å²) in [5.41, 5.74) is 1.14. The van der Waals surface area contributed by atoms with Crippen molar-refractivity contribution < 1.29 is 27.8 Å². The lowest BCUT2D eigenvalue weighted by Gasteiger charge is -2.08. The molecular formula is C17H15F2NO4. The lowest BCUT2D eigenvalue weighted by Crippen LogP contribution is -2.13. The molecule has 0 aliphatic carbocycles. The van der Waals surface area contributed by atoms with E-state index in [4.69, 9.17) is 9.47 Å². The number of ketones is 1. The van der Waals surface area contributed by atoms with E-state index in [1.807, 2.05) is 0 Å². The van der Waals surface area contributed by atoms with Crippen LogP contribution in [0.1, 0.15) is 33.3 Å². The van der Waals surface area contributed by atoms with Gasteiger partial charge in [0.1, 0.15) is 5.75 Å². The number of carbonyl (C=O) groups is 2. The average molecular weight is 335 g/mol. The fraction of sp³-hybridized carbons (Fsp3) is 0.235. The van der Waals surface area contributed by atoms with Crippen LogP contribution >= 0.6 is 0 Å². The Kier molecular flexibility index (Phi) is 5.57. The Labute approximate surface area is 137 Å². The Morgan fingerprint density at radius 3 is 2.58 bits per heavy atom. The molecule has 2 aromatic rings. The minimum Gasteiger partial charge on any atom is -0.472 e. The summed E-state index contributed by atoms with van der Waals surface area (Å²) in [4.78, 5) is 27.3. The number of ether oxygens (including phenoxy) is 2. The molecule has 0 saturated heterocycles. The number of benzene rings is 1. The molecule has 0 amide bonds. The number of aryl methyl sites for hydroxylation is 1. The molecule has 0 atom stereocenters. The molecule has 0 bridgehead atoms. The van der Waals surface area contributed by atoms with Gasteiger partial charge in [-0.3, -0.25) is 4.79 Å². The Bertz CT molecular complexity index is 762. The highest BCUT2D eigenvalue weighted by molar-refractivity contribution is 5.96. The quantitative estimate of drug-likeness (QED) is 0.459. The molecule has 1 aromatic heterocycles. The van der Waals surface area contributed by atoms with E-state index >= 15 is 0 Å². The number of alkyl halides is 2. The van der Waals surface area contributed by atoms with Gasteiger partial charge in [0, 0.05) is 11.6 Å². The molecule has 0 unspecified atom stereocenters. The van der Waals surface area contributed by atoms with Crippen molar-refractivity contribution in [1.82, 2.24) is 4.98 Å². The highest BCUT2D eigenvalue weighted by Crippen LogP contribution is 2.19. The van der Waals surface area contributed by atoms with E-state index in [0.29, 0.717) is 11.1 Å². The molecule has 1 heterocycles. The van der Waals surface area contributed by atoms with Crippen LogP contribution in [0, 0.1) is 6.92 Å². The number of esters is 1. The van der Waals surface area contributed by atoms with Crippen LogP contribution in [-0.2, 0) is 0 Å². The summed E-state index contributed by atoms with van der Waals surface area (Å²) in [5.74, 6) is -0.681. The van der Waals surface area contributed by atoms with E-state index in [-0.39, 0.29) is 23.1 Å². The first-order valence-corrected chi connectivity index (χ1v) is 7.08. The van der Waals surface area contributed by atoms with Gasteiger partial charge in [0.2, 0.25) is 5.88 Å². The van der Waals surface area contributed by atoms with Crippen LogP contribution in [-0.4, -0.2) is 29.8 Å². The van der Waals surface area contributed by atoms with Crippen molar-refractivity contribution in [1.29, 1.82) is 0 Å². The second-order valence-electron chi connectivity index (χ2n) is 4.99. The molecule has 2 rings (SSSR count). The summed E-state index contributed by atoms with van der Waals surface area (Å²) in [5, 5.41) is 0. The second-order valence-corrected chi connectivity index (χ2v) is 4.99. The number of pyridine rings is 1. The number of halogens is 2. The van der Waals surface area contributed by atoms with Crippen molar-refractivity contribution in [3.05, 3.63) is 53.2 Å². The van der Waals surface area contributed by atoms with Gasteiger partial charge in [0.05, 0.1) is 0 Å². The summed E-state index contributed by atoms with van der Waals surface area (Å²) >= 11 is 0. The molecule has 0 spiro atoms. The maximum atomic E-state index is 12.1. The number of hydrogen-bond donors (Lipinski definition) is 0. The molecule has 0 fully saturated rings. The lowest BCUT2D eigenvalue weighted by atomic mass is 10.1. The standard InChI is InChI=1S/C17H15F2NO4/c1-10-8-12(6-7-13(10)11(2)21)24-17(22)14-4-3-5-16(20-14)23-9-15(18)19/h3-8,15H,9H2,1-2H3. The Balaban J connectivity index is 2.11. The lowest BCUT2D eigenvalue weighted by molar-refractivity contribution is 0.0719. The van der Waals surface area contributed by atoms with Crippen molar-refractivity contribution in [2.45, 2.75) is 20.3 Å². The van der Waals surface area contributed by atoms with Gasteiger partial charge in [-0.2, -0.15) is 0 Å². The van der Waals surface area contributed by atoms with E-state index in [0.717, 1.165) is 0 Å². The third kappa shape index (κ3) is 4.58. The molecule has 7 heteroatoms. The molecule has 126 valence electrons. The van der Waals surface area contributed by atoms with Crippen molar-refractivity contribution in [3.63, 3.8) is 0 Å². The Morgan fingerprint density at radius 2 is 1.96 bits per heavy atom. The summed E-state index contributed by atoms with van der Waals surface area (Å²) in [7, 11) is 0. The second kappa shape index (κ2) is 7.63. The zero-order chi connectivity index (χ0) is 17.7. The van der Waals surface area contributed by atoms with Crippen LogP contribution in [0.15, 0.2) is 36.4 Å². The van der Waals surface area contributed by atoms with Crippen LogP contribution in [0.25, 0.3) is 0 Å². The molecule has 0 N–H and O–H groups in total. The third-order valence-corrected chi connectivity index (χ3v) is 3.08. The first-order chi connectivity index (χ1) is 11.4. The van der Waals surface area contributed by atoms with E-state index < -0.39 is 19.0 Å². The third-order valence-electron chi connectivity index (χ3n) is 3.08. The van der Waals surface area contributed by atoms with Gasteiger partial charge in [0.25, 0.3) is 6.43 Å². The number of nitrogens with zero attached hydrogens (tertiary/aromatic N) is 1. The summed E-state index contributed by atoms with van der Waals surface area (Å²) in [6, 6.07) is 8.83. The number of carbonyl (C=O) groups excluding carboxylic acids is 2. The molecule has 24 heavy (non-hydrogen) atoms. The Hall–Kier alpha value is -2.83. The maximum Gasteiger partial charge on any atom is 0.362 e. The van der Waals surface area contributed by atoms with E-state index in [1.165, 1.54) is 31.2 Å². The van der Waals surface area contributed by atoms with Crippen molar-refractivity contribution in [2.24, 2.45) is 0 Å². The first kappa shape index (κ1) is 17.5. The van der Waals surface area contributed by atoms with Crippen LogP contribution in [0.4, 0.5) is 8.78 Å². The van der Waals surface area contributed by atoms with Crippen LogP contribution < -0.4 is 9.47 Å². The highest BCUT2D eigenvalue weighted by Gasteiger charge is 2.14. The van der Waals surface area contributed by atoms with E-state index in [1.54, 1.807) is 19.1 Å². The fourth-order valence-electron chi connectivity index (χ4n) is 2.01. The normalized spacial score (nSPS) is 10.5. The molecular weight excluding hydrogens is 320 g/mol. The van der Waals surface area contributed by atoms with E-state index in [2.05, 4.69) is 4.98 Å². The smallest absolute Gasteiger partial charge is 0.362 e. The molecule has 0 radical (unpaired) electrons. The molecule has 0 aliphatic heterocycles. The number of hydrogen-bond acceptors (Lipinski definition) is 5. The summed E-state index contributed by atoms with van der Waals surface area (Å²) in [6.45, 7) is 2.37. The number of aromatic nitrogens is 1.